The van der Waals surface area contributed by atoms with Crippen molar-refractivity contribution in [1.82, 2.24) is 0 Å². The summed E-state index contributed by atoms with van der Waals surface area (Å²) in [5.74, 6) is -0.434. The molecule has 0 fully saturated rings. The molecule has 0 aliphatic carbocycles. The molecule has 0 bridgehead atoms. The van der Waals surface area contributed by atoms with Gasteiger partial charge in [0.15, 0.2) is 0 Å². The second kappa shape index (κ2) is 15.2. The molecule has 4 nitrogen and oxygen atoms in total. The minimum Gasteiger partial charge on any atom is -0.481 e. The molecule has 144 valence electrons. The fourth-order valence-electron chi connectivity index (χ4n) is 2.77. The van der Waals surface area contributed by atoms with E-state index in [2.05, 4.69) is 0 Å². The van der Waals surface area contributed by atoms with E-state index in [9.17, 15) is 9.59 Å². The summed E-state index contributed by atoms with van der Waals surface area (Å²) in [4.78, 5) is 22.0. The summed E-state index contributed by atoms with van der Waals surface area (Å²) >= 11 is 0. The van der Waals surface area contributed by atoms with E-state index in [0.29, 0.717) is 12.2 Å². The van der Waals surface area contributed by atoms with Gasteiger partial charge in [0, 0.05) is 12.5 Å². The summed E-state index contributed by atoms with van der Waals surface area (Å²) in [5, 5.41) is 8.55. The summed E-state index contributed by atoms with van der Waals surface area (Å²) in [6.07, 6.45) is 16.1. The van der Waals surface area contributed by atoms with E-state index in [4.69, 9.17) is 9.84 Å². The summed E-state index contributed by atoms with van der Waals surface area (Å²) in [5.41, 5.74) is 0. The van der Waals surface area contributed by atoms with E-state index < -0.39 is 5.97 Å². The minimum atomic E-state index is -0.687. The average Bonchev–Trinajstić information content (AvgIpc) is 2.62. The van der Waals surface area contributed by atoms with Crippen LogP contribution in [-0.2, 0) is 9.59 Å². The molecule has 0 radical (unpaired) electrons. The predicted octanol–water partition coefficient (Wildman–Crippen LogP) is 5.91. The molecule has 1 rings (SSSR count). The van der Waals surface area contributed by atoms with Gasteiger partial charge in [-0.15, -0.1) is 0 Å². The number of ether oxygens (including phenoxy) is 1. The van der Waals surface area contributed by atoms with E-state index in [1.807, 2.05) is 24.3 Å². The first kappa shape index (κ1) is 21.9. The van der Waals surface area contributed by atoms with Gasteiger partial charge in [-0.3, -0.25) is 4.79 Å². The Morgan fingerprint density at radius 3 is 1.92 bits per heavy atom. The number of benzene rings is 1. The van der Waals surface area contributed by atoms with Crippen molar-refractivity contribution < 1.29 is 19.4 Å². The molecule has 26 heavy (non-hydrogen) atoms. The van der Waals surface area contributed by atoms with Crippen LogP contribution in [0.15, 0.2) is 42.5 Å². The zero-order valence-corrected chi connectivity index (χ0v) is 15.7. The summed E-state index contributed by atoms with van der Waals surface area (Å²) in [6.45, 7) is 0. The van der Waals surface area contributed by atoms with E-state index in [1.54, 1.807) is 12.1 Å². The molecule has 0 heterocycles. The maximum absolute atomic E-state index is 11.6. The highest BCUT2D eigenvalue weighted by Gasteiger charge is 1.99. The Kier molecular flexibility index (Phi) is 12.8. The second-order valence-electron chi connectivity index (χ2n) is 6.60. The molecule has 0 amide bonds. The quantitative estimate of drug-likeness (QED) is 0.183. The number of unbranched alkanes of at least 4 members (excludes halogenated alkanes) is 10. The number of hydrogen-bond donors (Lipinski definition) is 1. The van der Waals surface area contributed by atoms with Gasteiger partial charge in [-0.1, -0.05) is 75.6 Å². The molecule has 0 aliphatic heterocycles. The lowest BCUT2D eigenvalue weighted by Crippen LogP contribution is -2.03. The van der Waals surface area contributed by atoms with Crippen molar-refractivity contribution in [2.24, 2.45) is 0 Å². The van der Waals surface area contributed by atoms with E-state index in [-0.39, 0.29) is 5.97 Å². The van der Waals surface area contributed by atoms with Crippen LogP contribution in [0.1, 0.15) is 77.0 Å². The van der Waals surface area contributed by atoms with Crippen LogP contribution in [0.3, 0.4) is 0 Å². The topological polar surface area (TPSA) is 63.6 Å². The Balaban J connectivity index is 1.85. The SMILES string of the molecule is O=C(O)CCCCCCCCCCCCC=CC(=O)Oc1ccccc1. The highest BCUT2D eigenvalue weighted by Crippen LogP contribution is 2.12. The minimum absolute atomic E-state index is 0.304. The van der Waals surface area contributed by atoms with Crippen LogP contribution in [0.4, 0.5) is 0 Å². The number of carbonyl (C=O) groups is 2. The Morgan fingerprint density at radius 2 is 1.35 bits per heavy atom. The molecule has 0 atom stereocenters. The highest BCUT2D eigenvalue weighted by molar-refractivity contribution is 5.83. The van der Waals surface area contributed by atoms with Crippen LogP contribution in [0, 0.1) is 0 Å². The number of carboxylic acids is 1. The number of para-hydroxylation sites is 1. The van der Waals surface area contributed by atoms with Gasteiger partial charge < -0.3 is 9.84 Å². The van der Waals surface area contributed by atoms with Crippen molar-refractivity contribution in [3.8, 4) is 5.75 Å². The Bertz CT molecular complexity index is 522. The fourth-order valence-corrected chi connectivity index (χ4v) is 2.77. The lowest BCUT2D eigenvalue weighted by molar-refractivity contribution is -0.137. The van der Waals surface area contributed by atoms with Crippen molar-refractivity contribution >= 4 is 11.9 Å². The van der Waals surface area contributed by atoms with Gasteiger partial charge >= 0.3 is 11.9 Å². The number of allylic oxidation sites excluding steroid dienone is 1. The van der Waals surface area contributed by atoms with Crippen molar-refractivity contribution in [3.05, 3.63) is 42.5 Å². The normalized spacial score (nSPS) is 10.9. The largest absolute Gasteiger partial charge is 0.481 e. The summed E-state index contributed by atoms with van der Waals surface area (Å²) < 4.78 is 5.18. The van der Waals surface area contributed by atoms with Crippen LogP contribution < -0.4 is 4.74 Å². The average molecular weight is 360 g/mol. The molecule has 1 aromatic rings. The third-order valence-corrected chi connectivity index (χ3v) is 4.23. The first-order chi connectivity index (χ1) is 12.7. The van der Waals surface area contributed by atoms with Gasteiger partial charge in [0.05, 0.1) is 0 Å². The monoisotopic (exact) mass is 360 g/mol. The lowest BCUT2D eigenvalue weighted by Gasteiger charge is -2.02. The van der Waals surface area contributed by atoms with Crippen LogP contribution in [0.2, 0.25) is 0 Å². The third kappa shape index (κ3) is 13.2. The molecule has 0 saturated carbocycles. The van der Waals surface area contributed by atoms with Gasteiger partial charge in [-0.2, -0.15) is 0 Å². The molecule has 1 aromatic carbocycles. The predicted molar refractivity (Wildman–Crippen MR) is 104 cm³/mol. The van der Waals surface area contributed by atoms with E-state index >= 15 is 0 Å². The van der Waals surface area contributed by atoms with Gasteiger partial charge in [-0.05, 0) is 31.4 Å². The maximum atomic E-state index is 11.6. The smallest absolute Gasteiger partial charge is 0.335 e. The van der Waals surface area contributed by atoms with Gasteiger partial charge in [0.2, 0.25) is 0 Å². The van der Waals surface area contributed by atoms with Crippen molar-refractivity contribution in [1.29, 1.82) is 0 Å². The lowest BCUT2D eigenvalue weighted by atomic mass is 10.1. The van der Waals surface area contributed by atoms with Gasteiger partial charge in [0.1, 0.15) is 5.75 Å². The number of esters is 1. The first-order valence-corrected chi connectivity index (χ1v) is 9.83. The van der Waals surface area contributed by atoms with Gasteiger partial charge in [-0.25, -0.2) is 4.79 Å². The Labute approximate surface area is 157 Å². The molecule has 0 saturated heterocycles. The standard InChI is InChI=1S/C22H32O4/c23-21(24)18-14-9-7-5-3-1-2-4-6-8-10-15-19-22(25)26-20-16-12-11-13-17-20/h11-13,15-17,19H,1-10,14,18H2,(H,23,24). The van der Waals surface area contributed by atoms with Crippen LogP contribution in [0.5, 0.6) is 5.75 Å². The van der Waals surface area contributed by atoms with Crippen LogP contribution >= 0.6 is 0 Å². The molecule has 0 aromatic heterocycles. The summed E-state index contributed by atoms with van der Waals surface area (Å²) in [6, 6.07) is 9.09. The highest BCUT2D eigenvalue weighted by atomic mass is 16.5. The maximum Gasteiger partial charge on any atom is 0.335 e. The number of carbonyl (C=O) groups excluding carboxylic acids is 1. The Hall–Kier alpha value is -2.10. The summed E-state index contributed by atoms with van der Waals surface area (Å²) in [7, 11) is 0. The van der Waals surface area contributed by atoms with Crippen molar-refractivity contribution in [2.45, 2.75) is 77.0 Å². The zero-order valence-electron chi connectivity index (χ0n) is 15.7. The number of rotatable bonds is 15. The fraction of sp³-hybridized carbons (Fsp3) is 0.545. The first-order valence-electron chi connectivity index (χ1n) is 9.83. The Morgan fingerprint density at radius 1 is 0.808 bits per heavy atom. The molecule has 0 aliphatic rings. The molecule has 0 unspecified atom stereocenters. The van der Waals surface area contributed by atoms with Crippen molar-refractivity contribution in [2.75, 3.05) is 0 Å². The number of hydrogen-bond acceptors (Lipinski definition) is 3. The number of carboxylic acid groups (broad SMARTS) is 1. The van der Waals surface area contributed by atoms with E-state index in [0.717, 1.165) is 32.1 Å². The molecule has 1 N–H and O–H groups in total. The number of aliphatic carboxylic acids is 1. The molecular weight excluding hydrogens is 328 g/mol. The molecule has 0 spiro atoms. The van der Waals surface area contributed by atoms with Gasteiger partial charge in [0.25, 0.3) is 0 Å². The third-order valence-electron chi connectivity index (χ3n) is 4.23. The van der Waals surface area contributed by atoms with E-state index in [1.165, 1.54) is 44.6 Å². The van der Waals surface area contributed by atoms with Crippen LogP contribution in [-0.4, -0.2) is 17.0 Å². The molecular formula is C22H32O4. The van der Waals surface area contributed by atoms with Crippen LogP contribution in [0.25, 0.3) is 0 Å². The zero-order chi connectivity index (χ0) is 18.9. The second-order valence-corrected chi connectivity index (χ2v) is 6.60. The van der Waals surface area contributed by atoms with Crippen molar-refractivity contribution in [3.63, 3.8) is 0 Å². The molecule has 4 heteroatoms.